The van der Waals surface area contributed by atoms with Crippen LogP contribution in [0, 0.1) is 16.7 Å². The van der Waals surface area contributed by atoms with Crippen LogP contribution in [0.5, 0.6) is 0 Å². The first-order valence-corrected chi connectivity index (χ1v) is 7.58. The Morgan fingerprint density at radius 3 is 2.45 bits per heavy atom. The zero-order valence-electron chi connectivity index (χ0n) is 12.6. The van der Waals surface area contributed by atoms with Gasteiger partial charge in [-0.15, -0.1) is 11.3 Å². The Balaban J connectivity index is 2.44. The lowest BCUT2D eigenvalue weighted by Crippen LogP contribution is -2.22. The maximum atomic E-state index is 12.0. The van der Waals surface area contributed by atoms with Crippen LogP contribution < -0.4 is 14.8 Å². The van der Waals surface area contributed by atoms with Crippen molar-refractivity contribution in [2.45, 2.75) is 20.8 Å². The largest absolute Gasteiger partial charge is 0.313 e. The summed E-state index contributed by atoms with van der Waals surface area (Å²) in [5.74, 6) is -0.0325. The van der Waals surface area contributed by atoms with E-state index in [1.54, 1.807) is 30.3 Å². The third-order valence-corrected chi connectivity index (χ3v) is 3.98. The first-order valence-electron chi connectivity index (χ1n) is 6.77. The molecule has 22 heavy (non-hydrogen) atoms. The predicted octanol–water partition coefficient (Wildman–Crippen LogP) is 1.53. The molecule has 0 radical (unpaired) electrons. The summed E-state index contributed by atoms with van der Waals surface area (Å²) in [5.41, 5.74) is 0.710. The number of hydrogen-bond acceptors (Lipinski definition) is 4. The zero-order chi connectivity index (χ0) is 16.3. The molecule has 0 bridgehead atoms. The molecular formula is C17H16N2O2S. The standard InChI is InChI=1S/C17H16N2O2S/c1-17(2,3)14(20)9-15-19-16(21)13(22-15)8-11-4-6-12(10-18)7-5-11/h4-9H,1-3H3,(H,19,21)/b13-8-,15-9-. The Bertz CT molecular complexity index is 904. The van der Waals surface area contributed by atoms with Gasteiger partial charge in [-0.3, -0.25) is 9.59 Å². The molecule has 1 aromatic carbocycles. The molecule has 0 spiro atoms. The number of carbonyl (C=O) groups excluding carboxylic acids is 1. The van der Waals surface area contributed by atoms with Crippen molar-refractivity contribution in [3.63, 3.8) is 0 Å². The van der Waals surface area contributed by atoms with Crippen LogP contribution in [0.1, 0.15) is 31.9 Å². The van der Waals surface area contributed by atoms with Crippen molar-refractivity contribution in [1.82, 2.24) is 4.98 Å². The highest BCUT2D eigenvalue weighted by molar-refractivity contribution is 7.07. The van der Waals surface area contributed by atoms with Crippen LogP contribution in [0.3, 0.4) is 0 Å². The van der Waals surface area contributed by atoms with Gasteiger partial charge in [0.1, 0.15) is 0 Å². The van der Waals surface area contributed by atoms with Gasteiger partial charge in [-0.1, -0.05) is 32.9 Å². The molecule has 0 unspecified atom stereocenters. The lowest BCUT2D eigenvalue weighted by atomic mass is 9.91. The van der Waals surface area contributed by atoms with E-state index in [1.807, 2.05) is 26.8 Å². The van der Waals surface area contributed by atoms with Crippen molar-refractivity contribution >= 4 is 29.3 Å². The van der Waals surface area contributed by atoms with Gasteiger partial charge in [-0.2, -0.15) is 5.26 Å². The van der Waals surface area contributed by atoms with E-state index in [1.165, 1.54) is 17.4 Å². The minimum Gasteiger partial charge on any atom is -0.313 e. The third kappa shape index (κ3) is 3.80. The first kappa shape index (κ1) is 15.9. The zero-order valence-corrected chi connectivity index (χ0v) is 13.5. The molecule has 1 N–H and O–H groups in total. The number of aromatic nitrogens is 1. The number of H-pyrrole nitrogens is 1. The average Bonchev–Trinajstić information content (AvgIpc) is 2.78. The fraction of sp³-hybridized carbons (Fsp3) is 0.235. The lowest BCUT2D eigenvalue weighted by molar-refractivity contribution is -0.119. The second-order valence-electron chi connectivity index (χ2n) is 5.92. The van der Waals surface area contributed by atoms with Crippen LogP contribution >= 0.6 is 11.3 Å². The number of Topliss-reactive ketones (excluding diaryl/α,β-unsaturated/α-hetero) is 1. The normalized spacial score (nSPS) is 13.2. The number of carbonyl (C=O) groups is 1. The summed E-state index contributed by atoms with van der Waals surface area (Å²) >= 11 is 1.24. The second kappa shape index (κ2) is 6.12. The summed E-state index contributed by atoms with van der Waals surface area (Å²) in [6.45, 7) is 5.50. The fourth-order valence-corrected chi connectivity index (χ4v) is 2.55. The molecule has 0 amide bonds. The number of benzene rings is 1. The highest BCUT2D eigenvalue weighted by atomic mass is 32.1. The van der Waals surface area contributed by atoms with Gasteiger partial charge in [0.2, 0.25) is 0 Å². The molecule has 112 valence electrons. The quantitative estimate of drug-likeness (QED) is 0.914. The molecule has 1 heterocycles. The minimum absolute atomic E-state index is 0.0325. The van der Waals surface area contributed by atoms with E-state index in [0.29, 0.717) is 14.8 Å². The minimum atomic E-state index is -0.474. The number of rotatable bonds is 2. The number of nitriles is 1. The fourth-order valence-electron chi connectivity index (χ4n) is 1.67. The number of thiazole rings is 1. The van der Waals surface area contributed by atoms with Crippen LogP contribution in [0.2, 0.25) is 0 Å². The average molecular weight is 312 g/mol. The lowest BCUT2D eigenvalue weighted by Gasteiger charge is -2.12. The summed E-state index contributed by atoms with van der Waals surface area (Å²) in [5, 5.41) is 8.77. The Kier molecular flexibility index (Phi) is 4.43. The first-order chi connectivity index (χ1) is 10.3. The maximum absolute atomic E-state index is 12.0. The molecule has 4 nitrogen and oxygen atoms in total. The topological polar surface area (TPSA) is 73.7 Å². The Hall–Kier alpha value is -2.45. The van der Waals surface area contributed by atoms with Crippen molar-refractivity contribution < 1.29 is 4.79 Å². The number of hydrogen-bond donors (Lipinski definition) is 1. The SMILES string of the molecule is CC(C)(C)C(=O)/C=c1/[nH]c(=O)/c(=C/c2ccc(C#N)cc2)s1. The number of aromatic amines is 1. The van der Waals surface area contributed by atoms with Crippen LogP contribution in [0.4, 0.5) is 0 Å². The summed E-state index contributed by atoms with van der Waals surface area (Å²) in [7, 11) is 0. The highest BCUT2D eigenvalue weighted by Gasteiger charge is 2.18. The van der Waals surface area contributed by atoms with Crippen molar-refractivity contribution in [3.05, 3.63) is 54.9 Å². The molecule has 0 atom stereocenters. The van der Waals surface area contributed by atoms with E-state index < -0.39 is 5.41 Å². The summed E-state index contributed by atoms with van der Waals surface area (Å²) in [6.07, 6.45) is 3.21. The van der Waals surface area contributed by atoms with E-state index in [-0.39, 0.29) is 11.3 Å². The smallest absolute Gasteiger partial charge is 0.266 e. The van der Waals surface area contributed by atoms with Gasteiger partial charge in [0, 0.05) is 11.5 Å². The van der Waals surface area contributed by atoms with E-state index in [2.05, 4.69) is 4.98 Å². The van der Waals surface area contributed by atoms with E-state index in [4.69, 9.17) is 5.26 Å². The molecule has 0 aliphatic rings. The van der Waals surface area contributed by atoms with Crippen molar-refractivity contribution in [1.29, 1.82) is 5.26 Å². The third-order valence-electron chi connectivity index (χ3n) is 3.02. The maximum Gasteiger partial charge on any atom is 0.266 e. The van der Waals surface area contributed by atoms with Gasteiger partial charge in [0.15, 0.2) is 5.78 Å². The highest BCUT2D eigenvalue weighted by Crippen LogP contribution is 2.14. The van der Waals surface area contributed by atoms with Gasteiger partial charge < -0.3 is 4.98 Å². The Morgan fingerprint density at radius 1 is 1.27 bits per heavy atom. The van der Waals surface area contributed by atoms with Gasteiger partial charge in [-0.05, 0) is 23.8 Å². The Labute approximate surface area is 132 Å². The van der Waals surface area contributed by atoms with E-state index in [0.717, 1.165) is 5.56 Å². The number of ketones is 1. The summed E-state index contributed by atoms with van der Waals surface area (Å²) in [6, 6.07) is 9.00. The molecule has 2 aromatic rings. The van der Waals surface area contributed by atoms with Crippen molar-refractivity contribution in [2.75, 3.05) is 0 Å². The molecule has 2 rings (SSSR count). The van der Waals surface area contributed by atoms with Crippen LogP contribution in [0.25, 0.3) is 12.2 Å². The molecule has 5 heteroatoms. The van der Waals surface area contributed by atoms with Crippen LogP contribution in [-0.4, -0.2) is 10.8 Å². The number of nitrogens with zero attached hydrogens (tertiary/aromatic N) is 1. The van der Waals surface area contributed by atoms with Gasteiger partial charge in [0.25, 0.3) is 5.56 Å². The number of nitrogens with one attached hydrogen (secondary N) is 1. The molecule has 1 aromatic heterocycles. The molecular weight excluding hydrogens is 296 g/mol. The summed E-state index contributed by atoms with van der Waals surface area (Å²) < 4.78 is 1.07. The molecule has 0 aliphatic heterocycles. The second-order valence-corrected chi connectivity index (χ2v) is 7.01. The predicted molar refractivity (Wildman–Crippen MR) is 87.8 cm³/mol. The molecule has 0 fully saturated rings. The van der Waals surface area contributed by atoms with Crippen LogP contribution in [-0.2, 0) is 4.79 Å². The van der Waals surface area contributed by atoms with Crippen LogP contribution in [0.15, 0.2) is 29.1 Å². The van der Waals surface area contributed by atoms with Crippen molar-refractivity contribution in [2.24, 2.45) is 5.41 Å². The van der Waals surface area contributed by atoms with E-state index in [9.17, 15) is 9.59 Å². The summed E-state index contributed by atoms with van der Waals surface area (Å²) in [4.78, 5) is 26.6. The molecule has 0 saturated heterocycles. The molecule has 0 aliphatic carbocycles. The monoisotopic (exact) mass is 312 g/mol. The van der Waals surface area contributed by atoms with Crippen molar-refractivity contribution in [3.8, 4) is 6.07 Å². The Morgan fingerprint density at radius 2 is 1.91 bits per heavy atom. The van der Waals surface area contributed by atoms with Gasteiger partial charge in [0.05, 0.1) is 20.8 Å². The molecule has 0 saturated carbocycles. The van der Waals surface area contributed by atoms with Gasteiger partial charge >= 0.3 is 0 Å². The van der Waals surface area contributed by atoms with Gasteiger partial charge in [-0.25, -0.2) is 0 Å². The van der Waals surface area contributed by atoms with E-state index >= 15 is 0 Å².